The van der Waals surface area contributed by atoms with E-state index in [1.165, 1.54) is 5.19 Å². The summed E-state index contributed by atoms with van der Waals surface area (Å²) in [6.45, 7) is 32.5. The molecule has 2 rings (SSSR count). The first-order valence-corrected chi connectivity index (χ1v) is 21.5. The van der Waals surface area contributed by atoms with Gasteiger partial charge in [0, 0.05) is 13.1 Å². The van der Waals surface area contributed by atoms with Gasteiger partial charge in [-0.1, -0.05) is 94.8 Å². The molecule has 176 valence electrons. The summed E-state index contributed by atoms with van der Waals surface area (Å²) in [6, 6.07) is 10.8. The Balaban J connectivity index is 0. The average molecular weight is 510 g/mol. The molecule has 1 aromatic rings. The summed E-state index contributed by atoms with van der Waals surface area (Å²) in [4.78, 5) is 10.2. The maximum absolute atomic E-state index is 5.39. The fraction of sp³-hybridized carbons (Fsp3) is 0.667. The van der Waals surface area contributed by atoms with Gasteiger partial charge in [-0.2, -0.15) is 0 Å². The molecule has 0 amide bonds. The van der Waals surface area contributed by atoms with E-state index < -0.39 is 24.4 Å². The van der Waals surface area contributed by atoms with Gasteiger partial charge in [0.05, 0.1) is 0 Å². The number of hydrogen-bond acceptors (Lipinski definition) is 2. The van der Waals surface area contributed by atoms with E-state index in [0.29, 0.717) is 0 Å². The van der Waals surface area contributed by atoms with Gasteiger partial charge >= 0.3 is 25.8 Å². The van der Waals surface area contributed by atoms with Gasteiger partial charge in [-0.25, -0.2) is 0 Å². The Morgan fingerprint density at radius 3 is 1.42 bits per heavy atom. The van der Waals surface area contributed by atoms with Crippen molar-refractivity contribution in [3.63, 3.8) is 0 Å². The van der Waals surface area contributed by atoms with Gasteiger partial charge in [-0.15, -0.1) is 21.7 Å². The number of nitrogens with zero attached hydrogens (tertiary/aromatic N) is 3. The quantitative estimate of drug-likeness (QED) is 0.396. The Morgan fingerprint density at radius 1 is 0.774 bits per heavy atom. The Kier molecular flexibility index (Phi) is 15.4. The molecule has 1 aliphatic rings. The van der Waals surface area contributed by atoms with Gasteiger partial charge in [0.15, 0.2) is 0 Å². The molecule has 0 aliphatic carbocycles. The fourth-order valence-corrected chi connectivity index (χ4v) is 6.00. The summed E-state index contributed by atoms with van der Waals surface area (Å²) in [5, 5.41) is 1.43. The summed E-state index contributed by atoms with van der Waals surface area (Å²) in [7, 11) is 0.953. The van der Waals surface area contributed by atoms with Crippen molar-refractivity contribution in [2.45, 2.75) is 64.8 Å². The van der Waals surface area contributed by atoms with Crippen molar-refractivity contribution >= 4 is 29.6 Å². The Morgan fingerprint density at radius 2 is 1.10 bits per heavy atom. The first kappa shape index (κ1) is 33.8. The Bertz CT molecular complexity index is 562. The predicted octanol–water partition coefficient (Wildman–Crippen LogP) is 5.50. The second-order valence-electron chi connectivity index (χ2n) is 12.1. The minimum atomic E-state index is -1.75. The predicted molar refractivity (Wildman–Crippen MR) is 148 cm³/mol. The molecule has 1 saturated heterocycles. The van der Waals surface area contributed by atoms with Crippen LogP contribution < -0.4 is 5.19 Å². The van der Waals surface area contributed by atoms with Crippen LogP contribution in [-0.2, 0) is 25.8 Å². The van der Waals surface area contributed by atoms with Crippen molar-refractivity contribution in [2.75, 3.05) is 40.3 Å². The second-order valence-corrected chi connectivity index (χ2v) is 26.3. The molecule has 0 unspecified atom stereocenters. The monoisotopic (exact) mass is 509 g/mol. The van der Waals surface area contributed by atoms with Crippen molar-refractivity contribution in [1.82, 2.24) is 9.80 Å². The number of likely N-dealkylation sites (N-methyl/N-ethyl adjacent to an activating group) is 2. The largest absolute Gasteiger partial charge is 3.00 e. The van der Waals surface area contributed by atoms with Crippen LogP contribution in [0.5, 0.6) is 0 Å². The van der Waals surface area contributed by atoms with Crippen molar-refractivity contribution in [3.05, 3.63) is 48.4 Å². The van der Waals surface area contributed by atoms with Gasteiger partial charge < -0.3 is 27.9 Å². The number of rotatable bonds is 3. The maximum Gasteiger partial charge on any atom is 3.00 e. The molecule has 3 nitrogen and oxygen atoms in total. The molecule has 0 spiro atoms. The fourth-order valence-electron chi connectivity index (χ4n) is 3.37. The van der Waals surface area contributed by atoms with E-state index >= 15 is 0 Å². The summed E-state index contributed by atoms with van der Waals surface area (Å²) in [5.74, 6) is 0. The zero-order valence-corrected chi connectivity index (χ0v) is 27.4. The van der Waals surface area contributed by atoms with Gasteiger partial charge in [0.25, 0.3) is 0 Å². The molecule has 0 saturated carbocycles. The van der Waals surface area contributed by atoms with E-state index in [2.05, 4.69) is 127 Å². The van der Waals surface area contributed by atoms with Crippen molar-refractivity contribution in [3.8, 4) is 0 Å². The number of benzene rings is 1. The molecule has 1 aromatic carbocycles. The van der Waals surface area contributed by atoms with Crippen LogP contribution in [0, 0.1) is 13.1 Å². The first-order valence-electron chi connectivity index (χ1n) is 11.2. The summed E-state index contributed by atoms with van der Waals surface area (Å²) < 4.78 is 0. The third kappa shape index (κ3) is 19.8. The maximum atomic E-state index is 5.39. The van der Waals surface area contributed by atoms with Gasteiger partial charge in [-0.3, -0.25) is 0 Å². The van der Waals surface area contributed by atoms with E-state index in [-0.39, 0.29) is 31.4 Å². The average Bonchev–Trinajstić information content (AvgIpc) is 2.61. The molecule has 0 atom stereocenters. The first-order chi connectivity index (χ1) is 13.3. The Hall–Kier alpha value is 0.621. The molecule has 0 radical (unpaired) electrons. The number of hydrogen-bond donors (Lipinski definition) is 0. The molecular weight excluding hydrogens is 459 g/mol. The molecule has 1 heterocycles. The van der Waals surface area contributed by atoms with E-state index in [0.717, 1.165) is 26.2 Å². The zero-order chi connectivity index (χ0) is 23.8. The third-order valence-electron chi connectivity index (χ3n) is 4.11. The van der Waals surface area contributed by atoms with Gasteiger partial charge in [0.2, 0.25) is 0 Å². The molecule has 0 N–H and O–H groups in total. The molecule has 7 heteroatoms. The van der Waals surface area contributed by atoms with Gasteiger partial charge in [0.1, 0.15) is 0 Å². The normalized spacial score (nSPS) is 17.8. The standard InChI is InChI=1S/C16H28N3Si.2C4H11Si.Sc/c1-16(13-18(2)11-12-19(3)14-16)17-20(4,5)15-9-7-6-8-10-15;2*1-5(2,3)4;/h6-10H,11-14H2,1-5H3;2*1H2,2-4H3;/q3*-1;+3. The van der Waals surface area contributed by atoms with Crippen LogP contribution >= 0.6 is 0 Å². The van der Waals surface area contributed by atoms with Crippen LogP contribution in [0.2, 0.25) is 52.4 Å². The molecule has 1 aliphatic heterocycles. The summed E-state index contributed by atoms with van der Waals surface area (Å²) >= 11 is 0. The molecule has 31 heavy (non-hydrogen) atoms. The topological polar surface area (TPSA) is 20.6 Å². The molecular formula is C24H50N3ScSi3. The van der Waals surface area contributed by atoms with Crippen LogP contribution in [0.25, 0.3) is 4.98 Å². The summed E-state index contributed by atoms with van der Waals surface area (Å²) in [6.07, 6.45) is 0. The molecule has 1 fully saturated rings. The minimum absolute atomic E-state index is 0. The van der Waals surface area contributed by atoms with Crippen LogP contribution in [0.15, 0.2) is 30.3 Å². The SMILES string of the molecule is CN1CCN(C)CC(C)([N-][Si](C)(C)c2ccccc2)C1.[CH2-][Si](C)(C)C.[CH2-][Si](C)(C)C.[Sc+3]. The zero-order valence-electron chi connectivity index (χ0n) is 22.5. The van der Waals surface area contributed by atoms with Crippen molar-refractivity contribution in [2.24, 2.45) is 0 Å². The van der Waals surface area contributed by atoms with Crippen molar-refractivity contribution in [1.29, 1.82) is 0 Å². The minimum Gasteiger partial charge on any atom is -0.654 e. The third-order valence-corrected chi connectivity index (χ3v) is 6.96. The summed E-state index contributed by atoms with van der Waals surface area (Å²) in [5.41, 5.74) is 0.0333. The van der Waals surface area contributed by atoms with E-state index in [1.54, 1.807) is 0 Å². The van der Waals surface area contributed by atoms with Crippen LogP contribution in [0.1, 0.15) is 6.92 Å². The second kappa shape index (κ2) is 14.1. The van der Waals surface area contributed by atoms with Crippen LogP contribution in [0.3, 0.4) is 0 Å². The molecule has 0 aromatic heterocycles. The van der Waals surface area contributed by atoms with E-state index in [9.17, 15) is 0 Å². The van der Waals surface area contributed by atoms with Crippen LogP contribution in [-0.4, -0.2) is 80.0 Å². The Labute approximate surface area is 217 Å². The van der Waals surface area contributed by atoms with Crippen molar-refractivity contribution < 1.29 is 25.8 Å². The van der Waals surface area contributed by atoms with Crippen LogP contribution in [0.4, 0.5) is 0 Å². The van der Waals surface area contributed by atoms with E-state index in [4.69, 9.17) is 4.98 Å². The molecule has 0 bridgehead atoms. The smallest absolute Gasteiger partial charge is 0.654 e. The van der Waals surface area contributed by atoms with E-state index in [1.807, 2.05) is 0 Å². The van der Waals surface area contributed by atoms with Gasteiger partial charge in [-0.05, 0) is 35.4 Å².